The van der Waals surface area contributed by atoms with E-state index < -0.39 is 0 Å². The fourth-order valence-corrected chi connectivity index (χ4v) is 2.77. The Labute approximate surface area is 137 Å². The Morgan fingerprint density at radius 2 is 1.87 bits per heavy atom. The maximum atomic E-state index is 12.9. The van der Waals surface area contributed by atoms with Crippen LogP contribution < -0.4 is 0 Å². The van der Waals surface area contributed by atoms with Crippen LogP contribution in [0, 0.1) is 6.92 Å². The summed E-state index contributed by atoms with van der Waals surface area (Å²) >= 11 is 0. The lowest BCUT2D eigenvalue weighted by molar-refractivity contribution is 0.0729. The number of aryl methyl sites for hydroxylation is 1. The largest absolute Gasteiger partial charge is 0.380 e. The lowest BCUT2D eigenvalue weighted by Crippen LogP contribution is -2.32. The monoisotopic (exact) mass is 309 g/mol. The zero-order valence-electron chi connectivity index (χ0n) is 13.8. The lowest BCUT2D eigenvalue weighted by Gasteiger charge is -2.23. The summed E-state index contributed by atoms with van der Waals surface area (Å²) in [5.41, 5.74) is 4.21. The molecule has 3 rings (SSSR count). The quantitative estimate of drug-likeness (QED) is 0.808. The van der Waals surface area contributed by atoms with Crippen LogP contribution in [0.2, 0.25) is 0 Å². The first-order valence-electron chi connectivity index (χ1n) is 8.12. The third-order valence-electron chi connectivity index (χ3n) is 4.21. The second-order valence-corrected chi connectivity index (χ2v) is 6.28. The summed E-state index contributed by atoms with van der Waals surface area (Å²) in [5.74, 6) is 0.117. The average Bonchev–Trinajstić information content (AvgIpc) is 3.39. The maximum absolute atomic E-state index is 12.9. The van der Waals surface area contributed by atoms with E-state index in [9.17, 15) is 4.79 Å². The molecule has 120 valence electrons. The maximum Gasteiger partial charge on any atom is 0.254 e. The first-order valence-corrected chi connectivity index (χ1v) is 8.12. The Morgan fingerprint density at radius 3 is 2.52 bits per heavy atom. The summed E-state index contributed by atoms with van der Waals surface area (Å²) in [7, 11) is 1.67. The van der Waals surface area contributed by atoms with Gasteiger partial charge in [0.15, 0.2) is 0 Å². The molecule has 0 bridgehead atoms. The smallest absolute Gasteiger partial charge is 0.254 e. The minimum Gasteiger partial charge on any atom is -0.380 e. The van der Waals surface area contributed by atoms with E-state index in [1.165, 1.54) is 11.1 Å². The number of carbonyl (C=O) groups excluding carboxylic acids is 1. The van der Waals surface area contributed by atoms with E-state index in [0.717, 1.165) is 24.0 Å². The highest BCUT2D eigenvalue weighted by molar-refractivity contribution is 5.94. The molecule has 23 heavy (non-hydrogen) atoms. The summed E-state index contributed by atoms with van der Waals surface area (Å²) in [6, 6.07) is 16.6. The van der Waals surface area contributed by atoms with Crippen LogP contribution in [-0.2, 0) is 17.9 Å². The predicted octanol–water partition coefficient (Wildman–Crippen LogP) is 3.95. The van der Waals surface area contributed by atoms with Gasteiger partial charge in [-0.2, -0.15) is 0 Å². The SMILES string of the molecule is COCc1cccc(C(=O)N(Cc2ccc(C)cc2)C2CC2)c1. The molecule has 0 atom stereocenters. The molecule has 0 radical (unpaired) electrons. The molecule has 1 amide bonds. The normalized spacial score (nSPS) is 13.8. The van der Waals surface area contributed by atoms with Gasteiger partial charge in [-0.3, -0.25) is 4.79 Å². The van der Waals surface area contributed by atoms with Crippen molar-refractivity contribution in [3.05, 3.63) is 70.8 Å². The first-order chi connectivity index (χ1) is 11.2. The Bertz CT molecular complexity index is 674. The van der Waals surface area contributed by atoms with Gasteiger partial charge in [-0.05, 0) is 43.0 Å². The van der Waals surface area contributed by atoms with Crippen molar-refractivity contribution in [1.29, 1.82) is 0 Å². The second-order valence-electron chi connectivity index (χ2n) is 6.28. The molecule has 0 aliphatic heterocycles. The molecular weight excluding hydrogens is 286 g/mol. The Kier molecular flexibility index (Phi) is 4.77. The minimum absolute atomic E-state index is 0.117. The molecule has 1 aliphatic carbocycles. The number of nitrogens with zero attached hydrogens (tertiary/aromatic N) is 1. The Hall–Kier alpha value is -2.13. The van der Waals surface area contributed by atoms with Gasteiger partial charge in [0.1, 0.15) is 0 Å². The van der Waals surface area contributed by atoms with Crippen LogP contribution in [0.4, 0.5) is 0 Å². The number of rotatable bonds is 6. The van der Waals surface area contributed by atoms with Gasteiger partial charge in [0.05, 0.1) is 6.61 Å². The Balaban J connectivity index is 1.79. The summed E-state index contributed by atoms with van der Waals surface area (Å²) in [6.07, 6.45) is 2.21. The third kappa shape index (κ3) is 3.99. The average molecular weight is 309 g/mol. The van der Waals surface area contributed by atoms with Crippen molar-refractivity contribution in [2.24, 2.45) is 0 Å². The van der Waals surface area contributed by atoms with Gasteiger partial charge in [0.25, 0.3) is 5.91 Å². The number of methoxy groups -OCH3 is 1. The summed E-state index contributed by atoms with van der Waals surface area (Å²) < 4.78 is 5.16. The highest BCUT2D eigenvalue weighted by Gasteiger charge is 2.33. The van der Waals surface area contributed by atoms with Crippen LogP contribution >= 0.6 is 0 Å². The van der Waals surface area contributed by atoms with E-state index in [1.54, 1.807) is 7.11 Å². The number of hydrogen-bond acceptors (Lipinski definition) is 2. The third-order valence-corrected chi connectivity index (χ3v) is 4.21. The van der Waals surface area contributed by atoms with Crippen LogP contribution in [0.15, 0.2) is 48.5 Å². The molecule has 0 spiro atoms. The van der Waals surface area contributed by atoms with Crippen molar-refractivity contribution >= 4 is 5.91 Å². The zero-order valence-corrected chi connectivity index (χ0v) is 13.8. The first kappa shape index (κ1) is 15.8. The van der Waals surface area contributed by atoms with Gasteiger partial charge >= 0.3 is 0 Å². The van der Waals surface area contributed by atoms with Crippen LogP contribution in [0.1, 0.15) is 39.9 Å². The molecule has 1 saturated carbocycles. The van der Waals surface area contributed by atoms with E-state index >= 15 is 0 Å². The second kappa shape index (κ2) is 6.97. The number of benzene rings is 2. The van der Waals surface area contributed by atoms with E-state index in [0.29, 0.717) is 19.2 Å². The Morgan fingerprint density at radius 1 is 1.13 bits per heavy atom. The van der Waals surface area contributed by atoms with Gasteiger partial charge in [0, 0.05) is 25.3 Å². The fourth-order valence-electron chi connectivity index (χ4n) is 2.77. The molecular formula is C20H23NO2. The number of hydrogen-bond donors (Lipinski definition) is 0. The molecule has 0 unspecified atom stereocenters. The minimum atomic E-state index is 0.117. The van der Waals surface area contributed by atoms with Crippen LogP contribution in [-0.4, -0.2) is 24.0 Å². The van der Waals surface area contributed by atoms with E-state index in [4.69, 9.17) is 4.74 Å². The molecule has 0 N–H and O–H groups in total. The molecule has 0 heterocycles. The molecule has 2 aromatic carbocycles. The van der Waals surface area contributed by atoms with Crippen LogP contribution in [0.3, 0.4) is 0 Å². The summed E-state index contributed by atoms with van der Waals surface area (Å²) in [5, 5.41) is 0. The zero-order chi connectivity index (χ0) is 16.2. The van der Waals surface area contributed by atoms with Gasteiger partial charge in [-0.15, -0.1) is 0 Å². The molecule has 0 saturated heterocycles. The number of carbonyl (C=O) groups is 1. The molecule has 2 aromatic rings. The van der Waals surface area contributed by atoms with Crippen LogP contribution in [0.25, 0.3) is 0 Å². The highest BCUT2D eigenvalue weighted by atomic mass is 16.5. The van der Waals surface area contributed by atoms with Gasteiger partial charge < -0.3 is 9.64 Å². The molecule has 3 heteroatoms. The van der Waals surface area contributed by atoms with Crippen molar-refractivity contribution < 1.29 is 9.53 Å². The van der Waals surface area contributed by atoms with Crippen LogP contribution in [0.5, 0.6) is 0 Å². The summed E-state index contributed by atoms with van der Waals surface area (Å²) in [4.78, 5) is 14.9. The van der Waals surface area contributed by atoms with Gasteiger partial charge in [0.2, 0.25) is 0 Å². The van der Waals surface area contributed by atoms with Crippen molar-refractivity contribution in [3.8, 4) is 0 Å². The topological polar surface area (TPSA) is 29.5 Å². The lowest BCUT2D eigenvalue weighted by atomic mass is 10.1. The molecule has 0 aromatic heterocycles. The summed E-state index contributed by atoms with van der Waals surface area (Å²) in [6.45, 7) is 3.29. The van der Waals surface area contributed by atoms with E-state index in [-0.39, 0.29) is 5.91 Å². The molecule has 3 nitrogen and oxygen atoms in total. The molecule has 1 fully saturated rings. The van der Waals surface area contributed by atoms with E-state index in [2.05, 4.69) is 31.2 Å². The standard InChI is InChI=1S/C20H23NO2/c1-15-6-8-16(9-7-15)13-21(19-10-11-19)20(22)18-5-3-4-17(12-18)14-23-2/h3-9,12,19H,10-11,13-14H2,1-2H3. The van der Waals surface area contributed by atoms with E-state index in [1.807, 2.05) is 29.2 Å². The molecule has 1 aliphatic rings. The van der Waals surface area contributed by atoms with Crippen molar-refractivity contribution in [2.75, 3.05) is 7.11 Å². The van der Waals surface area contributed by atoms with Crippen molar-refractivity contribution in [1.82, 2.24) is 4.90 Å². The number of ether oxygens (including phenoxy) is 1. The highest BCUT2D eigenvalue weighted by Crippen LogP contribution is 2.30. The van der Waals surface area contributed by atoms with Gasteiger partial charge in [-0.25, -0.2) is 0 Å². The fraction of sp³-hybridized carbons (Fsp3) is 0.350. The predicted molar refractivity (Wildman–Crippen MR) is 91.2 cm³/mol. The van der Waals surface area contributed by atoms with Crippen molar-refractivity contribution in [3.63, 3.8) is 0 Å². The number of amides is 1. The van der Waals surface area contributed by atoms with Gasteiger partial charge in [-0.1, -0.05) is 42.0 Å². The van der Waals surface area contributed by atoms with Crippen molar-refractivity contribution in [2.45, 2.75) is 39.0 Å².